The molecule has 0 fully saturated rings. The van der Waals surface area contributed by atoms with Crippen LogP contribution in [0.3, 0.4) is 0 Å². The largest absolute Gasteiger partial charge is 0.383 e. The van der Waals surface area contributed by atoms with Crippen LogP contribution >= 0.6 is 0 Å². The third-order valence-corrected chi connectivity index (χ3v) is 2.05. The van der Waals surface area contributed by atoms with Gasteiger partial charge < -0.3 is 15.5 Å². The zero-order valence-corrected chi connectivity index (χ0v) is 9.50. The van der Waals surface area contributed by atoms with Crippen LogP contribution in [0.4, 0.5) is 5.82 Å². The van der Waals surface area contributed by atoms with Gasteiger partial charge >= 0.3 is 0 Å². The topological polar surface area (TPSA) is 81.0 Å². The fourth-order valence-electron chi connectivity index (χ4n) is 1.50. The summed E-state index contributed by atoms with van der Waals surface area (Å²) < 4.78 is 5.32. The lowest BCUT2D eigenvalue weighted by Gasteiger charge is -2.28. The van der Waals surface area contributed by atoms with Gasteiger partial charge in [0.2, 0.25) is 0 Å². The molecule has 1 rings (SSSR count). The molecule has 0 amide bonds. The van der Waals surface area contributed by atoms with Crippen LogP contribution in [0.25, 0.3) is 0 Å². The summed E-state index contributed by atoms with van der Waals surface area (Å²) in [4.78, 5) is 17.9. The van der Waals surface area contributed by atoms with Gasteiger partial charge in [-0.1, -0.05) is 20.8 Å². The molecule has 1 aromatic heterocycles. The van der Waals surface area contributed by atoms with E-state index in [0.717, 1.165) is 0 Å². The second kappa shape index (κ2) is 4.02. The molecular formula is C10H17N3O2. The van der Waals surface area contributed by atoms with Crippen molar-refractivity contribution in [2.45, 2.75) is 26.9 Å². The molecule has 0 spiro atoms. The zero-order valence-electron chi connectivity index (χ0n) is 9.50. The third kappa shape index (κ3) is 2.79. The number of nitrogens with zero attached hydrogens (tertiary/aromatic N) is 1. The number of aromatic amines is 1. The standard InChI is InChI=1S/C10H17N3O2/c1-10(2,3)8(15-4)9-12-6(11)5-7(14)13-9/h5,8H,1-4H3,(H3,11,12,13,14). The van der Waals surface area contributed by atoms with Gasteiger partial charge in [0.05, 0.1) is 0 Å². The molecule has 0 aromatic carbocycles. The van der Waals surface area contributed by atoms with E-state index in [1.807, 2.05) is 20.8 Å². The Morgan fingerprint density at radius 3 is 2.53 bits per heavy atom. The van der Waals surface area contributed by atoms with Crippen LogP contribution in [0.1, 0.15) is 32.7 Å². The number of aromatic nitrogens is 2. The molecule has 0 aliphatic heterocycles. The van der Waals surface area contributed by atoms with Crippen LogP contribution < -0.4 is 11.3 Å². The fraction of sp³-hybridized carbons (Fsp3) is 0.600. The SMILES string of the molecule is COC(c1nc(N)cc(=O)[nH]1)C(C)(C)C. The van der Waals surface area contributed by atoms with Crippen molar-refractivity contribution in [1.29, 1.82) is 0 Å². The summed E-state index contributed by atoms with van der Waals surface area (Å²) in [7, 11) is 1.58. The molecular weight excluding hydrogens is 194 g/mol. The van der Waals surface area contributed by atoms with Crippen molar-refractivity contribution in [3.63, 3.8) is 0 Å². The lowest BCUT2D eigenvalue weighted by Crippen LogP contribution is -2.25. The van der Waals surface area contributed by atoms with Crippen LogP contribution in [-0.2, 0) is 4.74 Å². The Morgan fingerprint density at radius 1 is 1.53 bits per heavy atom. The molecule has 1 aromatic rings. The molecule has 1 heterocycles. The number of nitrogens with two attached hydrogens (primary N) is 1. The monoisotopic (exact) mass is 211 g/mol. The summed E-state index contributed by atoms with van der Waals surface area (Å²) in [6.07, 6.45) is -0.284. The van der Waals surface area contributed by atoms with Crippen molar-refractivity contribution in [3.8, 4) is 0 Å². The molecule has 1 unspecified atom stereocenters. The Balaban J connectivity index is 3.19. The zero-order chi connectivity index (χ0) is 11.6. The quantitative estimate of drug-likeness (QED) is 0.767. The number of hydrogen-bond acceptors (Lipinski definition) is 4. The van der Waals surface area contributed by atoms with Crippen LogP contribution in [0, 0.1) is 5.41 Å². The lowest BCUT2D eigenvalue weighted by atomic mass is 9.88. The molecule has 15 heavy (non-hydrogen) atoms. The Labute approximate surface area is 88.7 Å². The van der Waals surface area contributed by atoms with Crippen molar-refractivity contribution in [2.24, 2.45) is 5.41 Å². The highest BCUT2D eigenvalue weighted by Crippen LogP contribution is 2.33. The van der Waals surface area contributed by atoms with Gasteiger partial charge in [0.1, 0.15) is 17.7 Å². The molecule has 5 nitrogen and oxygen atoms in total. The van der Waals surface area contributed by atoms with Gasteiger partial charge in [-0.25, -0.2) is 4.98 Å². The number of nitrogen functional groups attached to an aromatic ring is 1. The van der Waals surface area contributed by atoms with Gasteiger partial charge in [-0.2, -0.15) is 0 Å². The first kappa shape index (κ1) is 11.7. The Hall–Kier alpha value is -1.36. The van der Waals surface area contributed by atoms with Gasteiger partial charge in [0, 0.05) is 13.2 Å². The molecule has 1 atom stereocenters. The van der Waals surface area contributed by atoms with E-state index in [4.69, 9.17) is 10.5 Å². The molecule has 5 heteroatoms. The van der Waals surface area contributed by atoms with E-state index in [0.29, 0.717) is 5.82 Å². The third-order valence-electron chi connectivity index (χ3n) is 2.05. The highest BCUT2D eigenvalue weighted by molar-refractivity contribution is 5.25. The van der Waals surface area contributed by atoms with E-state index in [1.165, 1.54) is 6.07 Å². The van der Waals surface area contributed by atoms with Crippen molar-refractivity contribution in [1.82, 2.24) is 9.97 Å². The number of H-pyrrole nitrogens is 1. The van der Waals surface area contributed by atoms with E-state index in [9.17, 15) is 4.79 Å². The summed E-state index contributed by atoms with van der Waals surface area (Å²) >= 11 is 0. The molecule has 84 valence electrons. The van der Waals surface area contributed by atoms with Crippen molar-refractivity contribution in [2.75, 3.05) is 12.8 Å². The highest BCUT2D eigenvalue weighted by atomic mass is 16.5. The molecule has 0 bridgehead atoms. The molecule has 0 saturated carbocycles. The van der Waals surface area contributed by atoms with Crippen molar-refractivity contribution < 1.29 is 4.74 Å². The minimum Gasteiger partial charge on any atom is -0.383 e. The van der Waals surface area contributed by atoms with Gasteiger partial charge in [-0.3, -0.25) is 4.79 Å². The predicted octanol–water partition coefficient (Wildman–Crippen LogP) is 1.09. The Kier molecular flexibility index (Phi) is 3.14. The van der Waals surface area contributed by atoms with E-state index in [2.05, 4.69) is 9.97 Å². The molecule has 3 N–H and O–H groups in total. The summed E-state index contributed by atoms with van der Waals surface area (Å²) in [5.74, 6) is 0.676. The highest BCUT2D eigenvalue weighted by Gasteiger charge is 2.28. The Morgan fingerprint density at radius 2 is 2.13 bits per heavy atom. The van der Waals surface area contributed by atoms with E-state index >= 15 is 0 Å². The number of hydrogen-bond donors (Lipinski definition) is 2. The lowest BCUT2D eigenvalue weighted by molar-refractivity contribution is 0.00860. The molecule has 0 aliphatic rings. The van der Waals surface area contributed by atoms with Crippen molar-refractivity contribution >= 4 is 5.82 Å². The Bertz CT molecular complexity index is 392. The smallest absolute Gasteiger partial charge is 0.253 e. The number of methoxy groups -OCH3 is 1. The maximum Gasteiger partial charge on any atom is 0.253 e. The molecule has 0 radical (unpaired) electrons. The van der Waals surface area contributed by atoms with E-state index in [-0.39, 0.29) is 22.9 Å². The second-order valence-electron chi connectivity index (χ2n) is 4.54. The van der Waals surface area contributed by atoms with Crippen LogP contribution in [0.15, 0.2) is 10.9 Å². The van der Waals surface area contributed by atoms with Gasteiger partial charge in [-0.05, 0) is 5.41 Å². The average Bonchev–Trinajstić information content (AvgIpc) is 1.99. The van der Waals surface area contributed by atoms with Crippen molar-refractivity contribution in [3.05, 3.63) is 22.2 Å². The summed E-state index contributed by atoms with van der Waals surface area (Å²) in [5, 5.41) is 0. The summed E-state index contributed by atoms with van der Waals surface area (Å²) in [5.41, 5.74) is 5.09. The van der Waals surface area contributed by atoms with Gasteiger partial charge in [0.25, 0.3) is 5.56 Å². The van der Waals surface area contributed by atoms with E-state index in [1.54, 1.807) is 7.11 Å². The number of ether oxygens (including phenoxy) is 1. The minimum absolute atomic E-state index is 0.154. The second-order valence-corrected chi connectivity index (χ2v) is 4.54. The summed E-state index contributed by atoms with van der Waals surface area (Å²) in [6.45, 7) is 6.01. The molecule has 0 saturated heterocycles. The maximum absolute atomic E-state index is 11.2. The van der Waals surface area contributed by atoms with Gasteiger partial charge in [-0.15, -0.1) is 0 Å². The fourth-order valence-corrected chi connectivity index (χ4v) is 1.50. The maximum atomic E-state index is 11.2. The summed E-state index contributed by atoms with van der Waals surface area (Å²) in [6, 6.07) is 1.25. The predicted molar refractivity (Wildman–Crippen MR) is 58.5 cm³/mol. The average molecular weight is 211 g/mol. The number of anilines is 1. The first-order chi connectivity index (χ1) is 6.84. The van der Waals surface area contributed by atoms with Gasteiger partial charge in [0.15, 0.2) is 0 Å². The normalized spacial score (nSPS) is 13.9. The van der Waals surface area contributed by atoms with Crippen LogP contribution in [0.2, 0.25) is 0 Å². The van der Waals surface area contributed by atoms with Crippen LogP contribution in [0.5, 0.6) is 0 Å². The number of nitrogens with one attached hydrogen (secondary N) is 1. The number of rotatable bonds is 2. The van der Waals surface area contributed by atoms with E-state index < -0.39 is 0 Å². The minimum atomic E-state index is -0.284. The first-order valence-electron chi connectivity index (χ1n) is 4.74. The molecule has 0 aliphatic carbocycles. The van der Waals surface area contributed by atoms with Crippen LogP contribution in [-0.4, -0.2) is 17.1 Å². The first-order valence-corrected chi connectivity index (χ1v) is 4.74.